The molecular weight excluding hydrogens is 416 g/mol. The van der Waals surface area contributed by atoms with E-state index in [1.165, 1.54) is 18.2 Å². The molecule has 0 aliphatic carbocycles. The number of carbonyl (C=O) groups excluding carboxylic acids is 1. The molecule has 0 aliphatic rings. The summed E-state index contributed by atoms with van der Waals surface area (Å²) in [5, 5.41) is 2.84. The Balaban J connectivity index is 1.62. The van der Waals surface area contributed by atoms with Crippen LogP contribution in [0.4, 0.5) is 5.69 Å². The number of rotatable bonds is 9. The normalized spacial score (nSPS) is 11.9. The smallest absolute Gasteiger partial charge is 0.261 e. The van der Waals surface area contributed by atoms with Gasteiger partial charge in [-0.25, -0.2) is 8.42 Å². The van der Waals surface area contributed by atoms with Crippen molar-refractivity contribution in [2.75, 3.05) is 18.4 Å². The summed E-state index contributed by atoms with van der Waals surface area (Å²) in [6.45, 7) is 2.06. The van der Waals surface area contributed by atoms with Gasteiger partial charge in [0.05, 0.1) is 18.0 Å². The van der Waals surface area contributed by atoms with Gasteiger partial charge in [0.1, 0.15) is 6.61 Å². The molecule has 0 saturated heterocycles. The number of sulfonamides is 1. The van der Waals surface area contributed by atoms with Gasteiger partial charge < -0.3 is 14.8 Å². The Morgan fingerprint density at radius 2 is 1.61 bits per heavy atom. The molecule has 162 valence electrons. The number of methoxy groups -OCH3 is 1. The van der Waals surface area contributed by atoms with Gasteiger partial charge in [-0.05, 0) is 49.4 Å². The van der Waals surface area contributed by atoms with Crippen LogP contribution in [0.15, 0.2) is 83.8 Å². The van der Waals surface area contributed by atoms with Crippen LogP contribution in [0.3, 0.4) is 0 Å². The van der Waals surface area contributed by atoms with E-state index in [-0.39, 0.29) is 23.5 Å². The van der Waals surface area contributed by atoms with E-state index < -0.39 is 10.0 Å². The van der Waals surface area contributed by atoms with Gasteiger partial charge in [0.25, 0.3) is 15.9 Å². The largest absolute Gasteiger partial charge is 0.493 e. The highest BCUT2D eigenvalue weighted by Gasteiger charge is 2.16. The molecule has 31 heavy (non-hydrogen) atoms. The minimum absolute atomic E-state index is 0.145. The summed E-state index contributed by atoms with van der Waals surface area (Å²) in [7, 11) is -2.18. The van der Waals surface area contributed by atoms with E-state index in [1.54, 1.807) is 55.6 Å². The first-order valence-corrected chi connectivity index (χ1v) is 11.1. The number of amides is 1. The van der Waals surface area contributed by atoms with Crippen molar-refractivity contribution < 1.29 is 22.7 Å². The predicted octanol–water partition coefficient (Wildman–Crippen LogP) is 3.69. The van der Waals surface area contributed by atoms with Crippen LogP contribution in [-0.4, -0.2) is 34.1 Å². The van der Waals surface area contributed by atoms with E-state index in [4.69, 9.17) is 9.47 Å². The second-order valence-electron chi connectivity index (χ2n) is 6.84. The summed E-state index contributed by atoms with van der Waals surface area (Å²) in [4.78, 5) is 12.8. The Labute approximate surface area is 182 Å². The van der Waals surface area contributed by atoms with Crippen molar-refractivity contribution in [2.24, 2.45) is 0 Å². The van der Waals surface area contributed by atoms with Crippen molar-refractivity contribution >= 4 is 21.6 Å². The monoisotopic (exact) mass is 440 g/mol. The van der Waals surface area contributed by atoms with E-state index in [0.29, 0.717) is 22.7 Å². The van der Waals surface area contributed by atoms with Crippen LogP contribution in [0.1, 0.15) is 17.3 Å². The molecule has 3 aromatic carbocycles. The second-order valence-corrected chi connectivity index (χ2v) is 8.52. The van der Waals surface area contributed by atoms with E-state index >= 15 is 0 Å². The quantitative estimate of drug-likeness (QED) is 0.529. The van der Waals surface area contributed by atoms with Gasteiger partial charge in [0.2, 0.25) is 0 Å². The number of para-hydroxylation sites is 2. The first-order valence-electron chi connectivity index (χ1n) is 9.63. The van der Waals surface area contributed by atoms with Gasteiger partial charge in [0, 0.05) is 11.3 Å². The molecule has 0 spiro atoms. The summed E-state index contributed by atoms with van der Waals surface area (Å²) in [5.74, 6) is 0.861. The van der Waals surface area contributed by atoms with Crippen LogP contribution in [0.5, 0.6) is 11.5 Å². The maximum Gasteiger partial charge on any atom is 0.261 e. The highest BCUT2D eigenvalue weighted by molar-refractivity contribution is 7.92. The molecule has 7 nitrogen and oxygen atoms in total. The van der Waals surface area contributed by atoms with Crippen molar-refractivity contribution in [1.29, 1.82) is 0 Å². The Bertz CT molecular complexity index is 1130. The highest BCUT2D eigenvalue weighted by atomic mass is 32.2. The number of benzene rings is 3. The van der Waals surface area contributed by atoms with E-state index in [2.05, 4.69) is 10.0 Å². The van der Waals surface area contributed by atoms with Gasteiger partial charge in [-0.1, -0.05) is 36.4 Å². The standard InChI is InChI=1S/C23H24N2O5S/c1-17(16-30-22-14-7-6-13-21(22)29-2)24-23(26)18-9-8-10-19(15-18)25-31(27,28)20-11-4-3-5-12-20/h3-15,17,25H,16H2,1-2H3,(H,24,26)/t17-/m0/s1. The molecule has 1 amide bonds. The lowest BCUT2D eigenvalue weighted by molar-refractivity contribution is 0.0926. The van der Waals surface area contributed by atoms with Crippen molar-refractivity contribution in [3.8, 4) is 11.5 Å². The number of anilines is 1. The molecule has 0 radical (unpaired) electrons. The molecule has 8 heteroatoms. The molecule has 0 heterocycles. The number of nitrogens with one attached hydrogen (secondary N) is 2. The van der Waals surface area contributed by atoms with Gasteiger partial charge >= 0.3 is 0 Å². The number of carbonyl (C=O) groups is 1. The van der Waals surface area contributed by atoms with Gasteiger partial charge in [-0.15, -0.1) is 0 Å². The zero-order valence-corrected chi connectivity index (χ0v) is 18.1. The SMILES string of the molecule is COc1ccccc1OC[C@H](C)NC(=O)c1cccc(NS(=O)(=O)c2ccccc2)c1. The summed E-state index contributed by atoms with van der Waals surface area (Å²) in [5.41, 5.74) is 0.631. The molecule has 2 N–H and O–H groups in total. The van der Waals surface area contributed by atoms with Crippen molar-refractivity contribution in [3.05, 3.63) is 84.4 Å². The third kappa shape index (κ3) is 5.99. The third-order valence-corrected chi connectivity index (χ3v) is 5.76. The average Bonchev–Trinajstić information content (AvgIpc) is 2.78. The fourth-order valence-corrected chi connectivity index (χ4v) is 3.91. The second kappa shape index (κ2) is 9.99. The molecule has 0 fully saturated rings. The number of hydrogen-bond donors (Lipinski definition) is 2. The molecule has 0 aromatic heterocycles. The number of hydrogen-bond acceptors (Lipinski definition) is 5. The Morgan fingerprint density at radius 3 is 2.32 bits per heavy atom. The van der Waals surface area contributed by atoms with Gasteiger partial charge in [-0.2, -0.15) is 0 Å². The maximum absolute atomic E-state index is 12.6. The zero-order chi connectivity index (χ0) is 22.3. The molecule has 0 bridgehead atoms. The Hall–Kier alpha value is -3.52. The summed E-state index contributed by atoms with van der Waals surface area (Å²) >= 11 is 0. The molecule has 3 aromatic rings. The minimum Gasteiger partial charge on any atom is -0.493 e. The van der Waals surface area contributed by atoms with E-state index in [1.807, 2.05) is 19.1 Å². The molecule has 3 rings (SSSR count). The molecule has 0 saturated carbocycles. The highest BCUT2D eigenvalue weighted by Crippen LogP contribution is 2.25. The van der Waals surface area contributed by atoms with Gasteiger partial charge in [0.15, 0.2) is 11.5 Å². The lowest BCUT2D eigenvalue weighted by Crippen LogP contribution is -2.36. The Kier molecular flexibility index (Phi) is 7.15. The lowest BCUT2D eigenvalue weighted by atomic mass is 10.2. The van der Waals surface area contributed by atoms with Crippen LogP contribution in [0.25, 0.3) is 0 Å². The molecule has 0 aliphatic heterocycles. The van der Waals surface area contributed by atoms with Crippen molar-refractivity contribution in [2.45, 2.75) is 17.9 Å². The fourth-order valence-electron chi connectivity index (χ4n) is 2.84. The predicted molar refractivity (Wildman–Crippen MR) is 119 cm³/mol. The van der Waals surface area contributed by atoms with Crippen LogP contribution in [0.2, 0.25) is 0 Å². The molecular formula is C23H24N2O5S. The summed E-state index contributed by atoms with van der Waals surface area (Å²) in [6, 6.07) is 21.3. The molecule has 1 atom stereocenters. The maximum atomic E-state index is 12.6. The summed E-state index contributed by atoms with van der Waals surface area (Å²) in [6.07, 6.45) is 0. The average molecular weight is 441 g/mol. The zero-order valence-electron chi connectivity index (χ0n) is 17.2. The summed E-state index contributed by atoms with van der Waals surface area (Å²) < 4.78 is 38.5. The fraction of sp³-hybridized carbons (Fsp3) is 0.174. The minimum atomic E-state index is -3.74. The lowest BCUT2D eigenvalue weighted by Gasteiger charge is -2.17. The Morgan fingerprint density at radius 1 is 0.935 bits per heavy atom. The first kappa shape index (κ1) is 22.2. The van der Waals surface area contributed by atoms with E-state index in [9.17, 15) is 13.2 Å². The van der Waals surface area contributed by atoms with Gasteiger partial charge in [-0.3, -0.25) is 9.52 Å². The van der Waals surface area contributed by atoms with Crippen molar-refractivity contribution in [1.82, 2.24) is 5.32 Å². The topological polar surface area (TPSA) is 93.7 Å². The van der Waals surface area contributed by atoms with Crippen molar-refractivity contribution in [3.63, 3.8) is 0 Å². The van der Waals surface area contributed by atoms with Crippen LogP contribution >= 0.6 is 0 Å². The first-order chi connectivity index (χ1) is 14.9. The van der Waals surface area contributed by atoms with E-state index in [0.717, 1.165) is 0 Å². The van der Waals surface area contributed by atoms with Crippen LogP contribution in [-0.2, 0) is 10.0 Å². The third-order valence-electron chi connectivity index (χ3n) is 4.37. The van der Waals surface area contributed by atoms with Crippen LogP contribution in [0, 0.1) is 0 Å². The molecule has 0 unspecified atom stereocenters. The number of ether oxygens (including phenoxy) is 2. The van der Waals surface area contributed by atoms with Crippen LogP contribution < -0.4 is 19.5 Å².